The summed E-state index contributed by atoms with van der Waals surface area (Å²) in [7, 11) is 0. The van der Waals surface area contributed by atoms with Crippen molar-refractivity contribution in [2.75, 3.05) is 13.1 Å². The Balaban J connectivity index is 1.97. The number of carboxylic acid groups (broad SMARTS) is 1. The van der Waals surface area contributed by atoms with Crippen LogP contribution in [0.4, 0.5) is 0 Å². The average molecular weight is 307 g/mol. The van der Waals surface area contributed by atoms with Crippen LogP contribution in [0.1, 0.15) is 30.6 Å². The zero-order chi connectivity index (χ0) is 15.3. The number of rotatable bonds is 6. The van der Waals surface area contributed by atoms with Crippen molar-refractivity contribution in [3.05, 3.63) is 35.0 Å². The monoisotopic (exact) mass is 307 g/mol. The van der Waals surface area contributed by atoms with Gasteiger partial charge in [-0.05, 0) is 37.1 Å². The minimum absolute atomic E-state index is 0.0535. The summed E-state index contributed by atoms with van der Waals surface area (Å²) in [6.45, 7) is 4.62. The number of hydrogen-bond acceptors (Lipinski definition) is 3. The average Bonchev–Trinajstić information content (AvgIpc) is 2.98. The molecule has 0 aromatic carbocycles. The Morgan fingerprint density at radius 2 is 2.33 bits per heavy atom. The van der Waals surface area contributed by atoms with Gasteiger partial charge in [0.05, 0.1) is 5.41 Å². The van der Waals surface area contributed by atoms with Crippen LogP contribution in [0.2, 0.25) is 0 Å². The molecule has 21 heavy (non-hydrogen) atoms. The van der Waals surface area contributed by atoms with Gasteiger partial charge in [0, 0.05) is 24.4 Å². The molecule has 0 saturated carbocycles. The fraction of sp³-hybridized carbons (Fsp3) is 0.500. The van der Waals surface area contributed by atoms with E-state index in [1.165, 1.54) is 4.88 Å². The van der Waals surface area contributed by atoms with Crippen molar-refractivity contribution in [2.24, 2.45) is 5.41 Å². The first-order valence-electron chi connectivity index (χ1n) is 7.22. The summed E-state index contributed by atoms with van der Waals surface area (Å²) in [4.78, 5) is 26.8. The van der Waals surface area contributed by atoms with E-state index in [-0.39, 0.29) is 5.91 Å². The quantitative estimate of drug-likeness (QED) is 0.822. The van der Waals surface area contributed by atoms with Crippen LogP contribution in [0, 0.1) is 5.41 Å². The molecule has 1 aromatic heterocycles. The van der Waals surface area contributed by atoms with Crippen LogP contribution in [0.5, 0.6) is 0 Å². The maximum Gasteiger partial charge on any atom is 0.311 e. The van der Waals surface area contributed by atoms with Gasteiger partial charge >= 0.3 is 5.97 Å². The zero-order valence-corrected chi connectivity index (χ0v) is 12.9. The molecule has 0 unspecified atom stereocenters. The van der Waals surface area contributed by atoms with Crippen LogP contribution >= 0.6 is 11.3 Å². The second-order valence-electron chi connectivity index (χ2n) is 5.58. The second-order valence-corrected chi connectivity index (χ2v) is 6.61. The first kappa shape index (κ1) is 15.8. The zero-order valence-electron chi connectivity index (χ0n) is 12.1. The highest BCUT2D eigenvalue weighted by atomic mass is 32.1. The Hall–Kier alpha value is -1.62. The fourth-order valence-corrected chi connectivity index (χ4v) is 3.60. The molecule has 1 N–H and O–H groups in total. The molecule has 4 nitrogen and oxygen atoms in total. The molecule has 0 spiro atoms. The van der Waals surface area contributed by atoms with E-state index in [4.69, 9.17) is 0 Å². The molecule has 1 aromatic rings. The van der Waals surface area contributed by atoms with Gasteiger partial charge in [0.2, 0.25) is 5.91 Å². The number of thiophene rings is 1. The number of piperidine rings is 1. The molecule has 114 valence electrons. The Morgan fingerprint density at radius 1 is 1.52 bits per heavy atom. The summed E-state index contributed by atoms with van der Waals surface area (Å²) >= 11 is 1.65. The standard InChI is InChI=1S/C16H21NO3S/c1-2-8-16(15(19)20)9-4-10-17(12-16)14(18)7-6-13-5-3-11-21-13/h2-3,5,11H,1,4,6-10,12H2,(H,19,20)/t16-/m1/s1. The molecule has 2 rings (SSSR count). The maximum absolute atomic E-state index is 12.3. The Labute approximate surface area is 129 Å². The molecular weight excluding hydrogens is 286 g/mol. The number of carbonyl (C=O) groups is 2. The molecule has 1 amide bonds. The van der Waals surface area contributed by atoms with E-state index in [1.807, 2.05) is 17.5 Å². The molecule has 1 aliphatic rings. The van der Waals surface area contributed by atoms with Crippen LogP contribution < -0.4 is 0 Å². The number of allylic oxidation sites excluding steroid dienone is 1. The summed E-state index contributed by atoms with van der Waals surface area (Å²) in [5.74, 6) is -0.768. The first-order valence-corrected chi connectivity index (χ1v) is 8.10. The summed E-state index contributed by atoms with van der Waals surface area (Å²) in [5.41, 5.74) is -0.849. The van der Waals surface area contributed by atoms with Crippen LogP contribution in [-0.2, 0) is 16.0 Å². The molecule has 1 atom stereocenters. The lowest BCUT2D eigenvalue weighted by molar-refractivity contribution is -0.154. The van der Waals surface area contributed by atoms with Crippen molar-refractivity contribution in [3.63, 3.8) is 0 Å². The van der Waals surface area contributed by atoms with Crippen molar-refractivity contribution in [2.45, 2.75) is 32.1 Å². The first-order chi connectivity index (χ1) is 10.1. The number of nitrogens with zero attached hydrogens (tertiary/aromatic N) is 1. The SMILES string of the molecule is C=CC[C@@]1(C(=O)O)CCCN(C(=O)CCc2cccs2)C1. The molecule has 0 aliphatic carbocycles. The largest absolute Gasteiger partial charge is 0.481 e. The summed E-state index contributed by atoms with van der Waals surface area (Å²) in [5, 5.41) is 11.5. The molecule has 1 aliphatic heterocycles. The number of aliphatic carboxylic acids is 1. The van der Waals surface area contributed by atoms with Gasteiger partial charge in [0.25, 0.3) is 0 Å². The third-order valence-corrected chi connectivity index (χ3v) is 5.02. The predicted molar refractivity (Wildman–Crippen MR) is 83.3 cm³/mol. The van der Waals surface area contributed by atoms with Gasteiger partial charge in [0.1, 0.15) is 0 Å². The molecule has 1 fully saturated rings. The van der Waals surface area contributed by atoms with Crippen molar-refractivity contribution >= 4 is 23.2 Å². The van der Waals surface area contributed by atoms with E-state index in [1.54, 1.807) is 22.3 Å². The molecule has 2 heterocycles. The fourth-order valence-electron chi connectivity index (χ4n) is 2.89. The van der Waals surface area contributed by atoms with Crippen LogP contribution in [0.15, 0.2) is 30.2 Å². The van der Waals surface area contributed by atoms with E-state index in [0.29, 0.717) is 32.4 Å². The van der Waals surface area contributed by atoms with Crippen LogP contribution in [0.25, 0.3) is 0 Å². The van der Waals surface area contributed by atoms with Crippen LogP contribution in [0.3, 0.4) is 0 Å². The van der Waals surface area contributed by atoms with E-state index >= 15 is 0 Å². The Bertz CT molecular complexity index is 512. The summed E-state index contributed by atoms with van der Waals surface area (Å²) in [6.07, 6.45) is 4.59. The van der Waals surface area contributed by atoms with Crippen molar-refractivity contribution in [1.82, 2.24) is 4.90 Å². The number of amides is 1. The summed E-state index contributed by atoms with van der Waals surface area (Å²) in [6, 6.07) is 4.00. The van der Waals surface area contributed by atoms with Crippen molar-refractivity contribution in [3.8, 4) is 0 Å². The number of hydrogen-bond donors (Lipinski definition) is 1. The molecular formula is C16H21NO3S. The highest BCUT2D eigenvalue weighted by molar-refractivity contribution is 7.09. The van der Waals surface area contributed by atoms with Gasteiger partial charge in [-0.2, -0.15) is 0 Å². The molecule has 0 bridgehead atoms. The van der Waals surface area contributed by atoms with Crippen LogP contribution in [-0.4, -0.2) is 35.0 Å². The number of likely N-dealkylation sites (tertiary alicyclic amines) is 1. The van der Waals surface area contributed by atoms with Gasteiger partial charge in [-0.15, -0.1) is 17.9 Å². The topological polar surface area (TPSA) is 57.6 Å². The van der Waals surface area contributed by atoms with Gasteiger partial charge in [-0.3, -0.25) is 9.59 Å². The Kier molecular flexibility index (Phi) is 5.17. The normalized spacial score (nSPS) is 22.0. The Morgan fingerprint density at radius 3 is 2.95 bits per heavy atom. The lowest BCUT2D eigenvalue weighted by Gasteiger charge is -2.39. The minimum atomic E-state index is -0.849. The second kappa shape index (κ2) is 6.89. The van der Waals surface area contributed by atoms with Crippen molar-refractivity contribution in [1.29, 1.82) is 0 Å². The lowest BCUT2D eigenvalue weighted by Crippen LogP contribution is -2.49. The summed E-state index contributed by atoms with van der Waals surface area (Å²) < 4.78 is 0. The molecule has 1 saturated heterocycles. The highest BCUT2D eigenvalue weighted by Crippen LogP contribution is 2.34. The van der Waals surface area contributed by atoms with Gasteiger partial charge in [-0.25, -0.2) is 0 Å². The maximum atomic E-state index is 12.3. The van der Waals surface area contributed by atoms with E-state index < -0.39 is 11.4 Å². The smallest absolute Gasteiger partial charge is 0.311 e. The van der Waals surface area contributed by atoms with Gasteiger partial charge in [-0.1, -0.05) is 12.1 Å². The highest BCUT2D eigenvalue weighted by Gasteiger charge is 2.42. The van der Waals surface area contributed by atoms with E-state index in [9.17, 15) is 14.7 Å². The molecule has 5 heteroatoms. The van der Waals surface area contributed by atoms with Crippen molar-refractivity contribution < 1.29 is 14.7 Å². The van der Waals surface area contributed by atoms with Gasteiger partial charge in [0.15, 0.2) is 0 Å². The number of aryl methyl sites for hydroxylation is 1. The third kappa shape index (κ3) is 3.73. The predicted octanol–water partition coefficient (Wildman–Crippen LogP) is 2.95. The van der Waals surface area contributed by atoms with E-state index in [2.05, 4.69) is 6.58 Å². The number of carboxylic acids is 1. The molecule has 0 radical (unpaired) electrons. The van der Waals surface area contributed by atoms with Gasteiger partial charge < -0.3 is 10.0 Å². The van der Waals surface area contributed by atoms with E-state index in [0.717, 1.165) is 12.8 Å². The lowest BCUT2D eigenvalue weighted by atomic mass is 9.77. The number of carbonyl (C=O) groups excluding carboxylic acids is 1. The minimum Gasteiger partial charge on any atom is -0.481 e. The third-order valence-electron chi connectivity index (χ3n) is 4.08.